The van der Waals surface area contributed by atoms with E-state index in [0.717, 1.165) is 53.0 Å². The number of methoxy groups -OCH3 is 1. The standard InChI is InChI=1S/C21H21ClN2O2/c1-26-19-7-4-15-10-16(12-24-9-8-18(25)13-24)21(23-20(15)11-19)14-2-5-17(22)6-3-14/h2-7,10-11,18,25H,8-9,12-13H2,1H3/t18-/m1/s1. The van der Waals surface area contributed by atoms with E-state index in [1.54, 1.807) is 7.11 Å². The van der Waals surface area contributed by atoms with Gasteiger partial charge in [-0.1, -0.05) is 23.7 Å². The van der Waals surface area contributed by atoms with E-state index >= 15 is 0 Å². The lowest BCUT2D eigenvalue weighted by Crippen LogP contribution is -2.22. The number of aromatic nitrogens is 1. The van der Waals surface area contributed by atoms with E-state index in [2.05, 4.69) is 11.0 Å². The predicted molar refractivity (Wildman–Crippen MR) is 105 cm³/mol. The minimum absolute atomic E-state index is 0.230. The summed E-state index contributed by atoms with van der Waals surface area (Å²) < 4.78 is 5.34. The molecule has 0 bridgehead atoms. The lowest BCUT2D eigenvalue weighted by atomic mass is 10.0. The van der Waals surface area contributed by atoms with Gasteiger partial charge >= 0.3 is 0 Å². The van der Waals surface area contributed by atoms with Crippen molar-refractivity contribution in [1.82, 2.24) is 9.88 Å². The Balaban J connectivity index is 1.81. The SMILES string of the molecule is COc1ccc2cc(CN3CC[C@@H](O)C3)c(-c3ccc(Cl)cc3)nc2c1. The third-order valence-corrected chi connectivity index (χ3v) is 5.11. The van der Waals surface area contributed by atoms with Gasteiger partial charge in [-0.15, -0.1) is 0 Å². The molecular formula is C21H21ClN2O2. The maximum atomic E-state index is 9.84. The first-order valence-electron chi connectivity index (χ1n) is 8.76. The number of halogens is 1. The van der Waals surface area contributed by atoms with Crippen molar-refractivity contribution in [1.29, 1.82) is 0 Å². The number of nitrogens with zero attached hydrogens (tertiary/aromatic N) is 2. The Morgan fingerprint density at radius 1 is 1.19 bits per heavy atom. The van der Waals surface area contributed by atoms with Gasteiger partial charge in [0.2, 0.25) is 0 Å². The van der Waals surface area contributed by atoms with Crippen LogP contribution in [0.3, 0.4) is 0 Å². The monoisotopic (exact) mass is 368 g/mol. The molecule has 4 rings (SSSR count). The van der Waals surface area contributed by atoms with Gasteiger partial charge in [0.25, 0.3) is 0 Å². The molecular weight excluding hydrogens is 348 g/mol. The van der Waals surface area contributed by atoms with Crippen LogP contribution in [0.2, 0.25) is 5.02 Å². The minimum Gasteiger partial charge on any atom is -0.497 e. The number of pyridine rings is 1. The molecule has 3 aromatic rings. The predicted octanol–water partition coefficient (Wildman–Crippen LogP) is 4.13. The average Bonchev–Trinajstić information content (AvgIpc) is 3.06. The highest BCUT2D eigenvalue weighted by atomic mass is 35.5. The molecule has 1 aliphatic heterocycles. The fraction of sp³-hybridized carbons (Fsp3) is 0.286. The second kappa shape index (κ2) is 7.23. The molecule has 1 saturated heterocycles. The van der Waals surface area contributed by atoms with Crippen molar-refractivity contribution in [2.24, 2.45) is 0 Å². The highest BCUT2D eigenvalue weighted by molar-refractivity contribution is 6.30. The van der Waals surface area contributed by atoms with Gasteiger partial charge in [0.15, 0.2) is 0 Å². The van der Waals surface area contributed by atoms with E-state index in [0.29, 0.717) is 11.6 Å². The normalized spacial score (nSPS) is 17.7. The number of hydrogen-bond donors (Lipinski definition) is 1. The van der Waals surface area contributed by atoms with Crippen LogP contribution < -0.4 is 4.74 Å². The van der Waals surface area contributed by atoms with Crippen molar-refractivity contribution in [3.8, 4) is 17.0 Å². The maximum Gasteiger partial charge on any atom is 0.121 e. The molecule has 1 atom stereocenters. The molecule has 0 amide bonds. The Labute approximate surface area is 158 Å². The van der Waals surface area contributed by atoms with Gasteiger partial charge in [0, 0.05) is 41.7 Å². The zero-order chi connectivity index (χ0) is 18.1. The van der Waals surface area contributed by atoms with Gasteiger partial charge in [-0.05, 0) is 42.3 Å². The van der Waals surface area contributed by atoms with E-state index in [4.69, 9.17) is 21.3 Å². The van der Waals surface area contributed by atoms with Crippen LogP contribution >= 0.6 is 11.6 Å². The first-order valence-corrected chi connectivity index (χ1v) is 9.14. The molecule has 134 valence electrons. The molecule has 1 aliphatic rings. The molecule has 2 aromatic carbocycles. The Kier molecular flexibility index (Phi) is 4.81. The summed E-state index contributed by atoms with van der Waals surface area (Å²) >= 11 is 6.05. The van der Waals surface area contributed by atoms with E-state index in [1.165, 1.54) is 0 Å². The van der Waals surface area contributed by atoms with Crippen LogP contribution in [0.1, 0.15) is 12.0 Å². The largest absolute Gasteiger partial charge is 0.497 e. The number of aliphatic hydroxyl groups excluding tert-OH is 1. The number of ether oxygens (including phenoxy) is 1. The molecule has 0 radical (unpaired) electrons. The van der Waals surface area contributed by atoms with Crippen molar-refractivity contribution in [3.63, 3.8) is 0 Å². The summed E-state index contributed by atoms with van der Waals surface area (Å²) in [5.74, 6) is 0.794. The number of rotatable bonds is 4. The Bertz CT molecular complexity index is 927. The summed E-state index contributed by atoms with van der Waals surface area (Å²) in [5, 5.41) is 11.6. The quantitative estimate of drug-likeness (QED) is 0.752. The van der Waals surface area contributed by atoms with Crippen LogP contribution in [0, 0.1) is 0 Å². The van der Waals surface area contributed by atoms with Crippen LogP contribution in [0.5, 0.6) is 5.75 Å². The number of fused-ring (bicyclic) bond motifs is 1. The zero-order valence-corrected chi connectivity index (χ0v) is 15.4. The fourth-order valence-electron chi connectivity index (χ4n) is 3.49. The van der Waals surface area contributed by atoms with Crippen molar-refractivity contribution >= 4 is 22.5 Å². The number of benzene rings is 2. The van der Waals surface area contributed by atoms with Crippen molar-refractivity contribution in [3.05, 3.63) is 59.1 Å². The van der Waals surface area contributed by atoms with Gasteiger partial charge in [-0.2, -0.15) is 0 Å². The molecule has 2 heterocycles. The number of aliphatic hydroxyl groups is 1. The number of β-amino-alcohol motifs (C(OH)–C–C–N with tert-alkyl or cyclic N) is 1. The Morgan fingerprint density at radius 3 is 2.69 bits per heavy atom. The average molecular weight is 369 g/mol. The van der Waals surface area contributed by atoms with Crippen molar-refractivity contribution < 1.29 is 9.84 Å². The van der Waals surface area contributed by atoms with Crippen molar-refractivity contribution in [2.45, 2.75) is 19.1 Å². The van der Waals surface area contributed by atoms with Gasteiger partial charge in [0.1, 0.15) is 5.75 Å². The number of hydrogen-bond acceptors (Lipinski definition) is 4. The van der Waals surface area contributed by atoms with Gasteiger partial charge in [-0.3, -0.25) is 4.90 Å². The fourth-order valence-corrected chi connectivity index (χ4v) is 3.62. The second-order valence-corrected chi connectivity index (χ2v) is 7.18. The molecule has 1 aromatic heterocycles. The third kappa shape index (κ3) is 3.54. The van der Waals surface area contributed by atoms with Crippen LogP contribution in [-0.4, -0.2) is 41.3 Å². The molecule has 0 spiro atoms. The topological polar surface area (TPSA) is 45.6 Å². The number of likely N-dealkylation sites (tertiary alicyclic amines) is 1. The smallest absolute Gasteiger partial charge is 0.121 e. The summed E-state index contributed by atoms with van der Waals surface area (Å²) in [6.45, 7) is 2.38. The first kappa shape index (κ1) is 17.3. The summed E-state index contributed by atoms with van der Waals surface area (Å²) in [6, 6.07) is 15.9. The van der Waals surface area contributed by atoms with E-state index in [1.807, 2.05) is 42.5 Å². The van der Waals surface area contributed by atoms with Crippen LogP contribution in [0.4, 0.5) is 0 Å². The molecule has 1 fully saturated rings. The summed E-state index contributed by atoms with van der Waals surface area (Å²) in [4.78, 5) is 7.21. The van der Waals surface area contributed by atoms with E-state index in [9.17, 15) is 5.11 Å². The molecule has 0 aliphatic carbocycles. The van der Waals surface area contributed by atoms with Crippen molar-refractivity contribution in [2.75, 3.05) is 20.2 Å². The molecule has 0 unspecified atom stereocenters. The Morgan fingerprint density at radius 2 is 2.00 bits per heavy atom. The lowest BCUT2D eigenvalue weighted by molar-refractivity contribution is 0.175. The minimum atomic E-state index is -0.230. The first-order chi connectivity index (χ1) is 12.6. The molecule has 26 heavy (non-hydrogen) atoms. The summed E-state index contributed by atoms with van der Waals surface area (Å²) in [6.07, 6.45) is 0.598. The maximum absolute atomic E-state index is 9.84. The molecule has 1 N–H and O–H groups in total. The van der Waals surface area contributed by atoms with Gasteiger partial charge in [0.05, 0.1) is 24.4 Å². The van der Waals surface area contributed by atoms with Crippen LogP contribution in [-0.2, 0) is 6.54 Å². The van der Waals surface area contributed by atoms with Crippen LogP contribution in [0.15, 0.2) is 48.5 Å². The Hall–Kier alpha value is -2.14. The lowest BCUT2D eigenvalue weighted by Gasteiger charge is -2.18. The van der Waals surface area contributed by atoms with Crippen LogP contribution in [0.25, 0.3) is 22.2 Å². The zero-order valence-electron chi connectivity index (χ0n) is 14.7. The molecule has 0 saturated carbocycles. The van der Waals surface area contributed by atoms with E-state index < -0.39 is 0 Å². The highest BCUT2D eigenvalue weighted by Gasteiger charge is 2.22. The molecule has 4 nitrogen and oxygen atoms in total. The third-order valence-electron chi connectivity index (χ3n) is 4.86. The summed E-state index contributed by atoms with van der Waals surface area (Å²) in [5.41, 5.74) is 4.04. The molecule has 5 heteroatoms. The van der Waals surface area contributed by atoms with E-state index in [-0.39, 0.29) is 6.10 Å². The highest BCUT2D eigenvalue weighted by Crippen LogP contribution is 2.30. The summed E-state index contributed by atoms with van der Waals surface area (Å²) in [7, 11) is 1.66. The van der Waals surface area contributed by atoms with Gasteiger partial charge < -0.3 is 9.84 Å². The second-order valence-electron chi connectivity index (χ2n) is 6.74. The van der Waals surface area contributed by atoms with Gasteiger partial charge in [-0.25, -0.2) is 4.98 Å².